The number of hydrogen-bond donors (Lipinski definition) is 0. The van der Waals surface area contributed by atoms with E-state index < -0.39 is 32.7 Å². The summed E-state index contributed by atoms with van der Waals surface area (Å²) >= 11 is 0. The van der Waals surface area contributed by atoms with E-state index in [2.05, 4.69) is 5.16 Å². The van der Waals surface area contributed by atoms with Crippen molar-refractivity contribution >= 4 is 9.84 Å². The Kier molecular flexibility index (Phi) is 5.00. The zero-order chi connectivity index (χ0) is 20.6. The molecule has 0 N–H and O–H groups in total. The lowest BCUT2D eigenvalue weighted by Gasteiger charge is -2.08. The minimum absolute atomic E-state index is 0.00157. The lowest BCUT2D eigenvalue weighted by Crippen LogP contribution is -2.01. The second kappa shape index (κ2) is 7.13. The molecule has 0 aliphatic heterocycles. The topological polar surface area (TPSA) is 84.0 Å². The van der Waals surface area contributed by atoms with Crippen LogP contribution in [0.3, 0.4) is 0 Å². The van der Waals surface area contributed by atoms with Gasteiger partial charge in [-0.3, -0.25) is 0 Å². The van der Waals surface area contributed by atoms with E-state index in [-0.39, 0.29) is 16.8 Å². The Morgan fingerprint density at radius 1 is 1.14 bits per heavy atom. The van der Waals surface area contributed by atoms with Crippen molar-refractivity contribution in [2.75, 3.05) is 6.26 Å². The van der Waals surface area contributed by atoms with E-state index in [1.54, 1.807) is 19.1 Å². The standard InChI is InChI=1S/C19H13F3N2O3S/c1-10-3-4-12(7-13(10)9-23)17-16(18(19(21)22)27-24-17)11-5-6-15(14(20)8-11)28(2,25)26/h3-8,19H,1-2H3. The largest absolute Gasteiger partial charge is 0.354 e. The van der Waals surface area contributed by atoms with Gasteiger partial charge in [0.1, 0.15) is 16.4 Å². The van der Waals surface area contributed by atoms with Crippen LogP contribution in [0.25, 0.3) is 22.4 Å². The van der Waals surface area contributed by atoms with Gasteiger partial charge in [0.15, 0.2) is 9.84 Å². The summed E-state index contributed by atoms with van der Waals surface area (Å²) in [5.41, 5.74) is 1.16. The first-order valence-electron chi connectivity index (χ1n) is 7.92. The Bertz CT molecular complexity index is 1210. The first-order valence-corrected chi connectivity index (χ1v) is 9.81. The van der Waals surface area contributed by atoms with Crippen molar-refractivity contribution in [2.45, 2.75) is 18.2 Å². The van der Waals surface area contributed by atoms with Crippen molar-refractivity contribution < 1.29 is 26.1 Å². The van der Waals surface area contributed by atoms with Crippen molar-refractivity contribution in [3.8, 4) is 28.5 Å². The van der Waals surface area contributed by atoms with Crippen LogP contribution in [-0.2, 0) is 9.84 Å². The maximum Gasteiger partial charge on any atom is 0.298 e. The highest BCUT2D eigenvalue weighted by Gasteiger charge is 2.27. The molecule has 0 amide bonds. The van der Waals surface area contributed by atoms with E-state index in [1.165, 1.54) is 12.1 Å². The maximum atomic E-state index is 14.3. The number of aromatic nitrogens is 1. The first-order chi connectivity index (χ1) is 13.1. The Morgan fingerprint density at radius 3 is 2.39 bits per heavy atom. The zero-order valence-electron chi connectivity index (χ0n) is 14.7. The Hall–Kier alpha value is -3.12. The van der Waals surface area contributed by atoms with E-state index in [9.17, 15) is 26.9 Å². The maximum absolute atomic E-state index is 14.3. The molecule has 0 spiro atoms. The van der Waals surface area contributed by atoms with Gasteiger partial charge in [-0.15, -0.1) is 0 Å². The average Bonchev–Trinajstić information content (AvgIpc) is 3.06. The molecule has 1 heterocycles. The predicted molar refractivity (Wildman–Crippen MR) is 94.9 cm³/mol. The van der Waals surface area contributed by atoms with Crippen LogP contribution < -0.4 is 0 Å². The second-order valence-corrected chi connectivity index (χ2v) is 8.11. The molecule has 9 heteroatoms. The van der Waals surface area contributed by atoms with Gasteiger partial charge in [0.05, 0.1) is 17.2 Å². The van der Waals surface area contributed by atoms with E-state index in [0.29, 0.717) is 16.7 Å². The third kappa shape index (κ3) is 3.51. The molecule has 5 nitrogen and oxygen atoms in total. The number of aryl methyl sites for hydroxylation is 1. The predicted octanol–water partition coefficient (Wildman–Crippen LogP) is 4.67. The smallest absolute Gasteiger partial charge is 0.298 e. The summed E-state index contributed by atoms with van der Waals surface area (Å²) in [6.45, 7) is 1.72. The summed E-state index contributed by atoms with van der Waals surface area (Å²) in [6.07, 6.45) is -2.19. The van der Waals surface area contributed by atoms with Gasteiger partial charge in [0.25, 0.3) is 6.43 Å². The number of halogens is 3. The van der Waals surface area contributed by atoms with Crippen LogP contribution in [0.2, 0.25) is 0 Å². The average molecular weight is 406 g/mol. The highest BCUT2D eigenvalue weighted by Crippen LogP contribution is 2.40. The zero-order valence-corrected chi connectivity index (χ0v) is 15.5. The quantitative estimate of drug-likeness (QED) is 0.629. The molecule has 0 bridgehead atoms. The van der Waals surface area contributed by atoms with Crippen LogP contribution in [0.4, 0.5) is 13.2 Å². The van der Waals surface area contributed by atoms with Crippen LogP contribution in [0, 0.1) is 24.1 Å². The van der Waals surface area contributed by atoms with Gasteiger partial charge in [-0.25, -0.2) is 21.6 Å². The van der Waals surface area contributed by atoms with Gasteiger partial charge in [-0.2, -0.15) is 5.26 Å². The van der Waals surface area contributed by atoms with Crippen molar-refractivity contribution in [1.82, 2.24) is 5.16 Å². The normalized spacial score (nSPS) is 11.6. The van der Waals surface area contributed by atoms with Gasteiger partial charge in [-0.05, 0) is 36.2 Å². The summed E-state index contributed by atoms with van der Waals surface area (Å²) in [4.78, 5) is -0.546. The summed E-state index contributed by atoms with van der Waals surface area (Å²) in [7, 11) is -3.82. The fourth-order valence-corrected chi connectivity index (χ4v) is 3.50. The number of alkyl halides is 2. The van der Waals surface area contributed by atoms with Gasteiger partial charge in [0, 0.05) is 11.8 Å². The lowest BCUT2D eigenvalue weighted by molar-refractivity contribution is 0.113. The van der Waals surface area contributed by atoms with Gasteiger partial charge < -0.3 is 4.52 Å². The van der Waals surface area contributed by atoms with Crippen LogP contribution in [0.1, 0.15) is 23.3 Å². The van der Waals surface area contributed by atoms with Crippen molar-refractivity contribution in [3.63, 3.8) is 0 Å². The third-order valence-corrected chi connectivity index (χ3v) is 5.30. The number of rotatable bonds is 4. The molecule has 0 saturated carbocycles. The lowest BCUT2D eigenvalue weighted by atomic mass is 9.97. The molecule has 0 saturated heterocycles. The van der Waals surface area contributed by atoms with Crippen LogP contribution in [0.5, 0.6) is 0 Å². The van der Waals surface area contributed by atoms with Crippen molar-refractivity contribution in [3.05, 3.63) is 59.1 Å². The molecule has 0 aliphatic carbocycles. The summed E-state index contributed by atoms with van der Waals surface area (Å²) in [6, 6.07) is 9.72. The van der Waals surface area contributed by atoms with E-state index in [0.717, 1.165) is 18.4 Å². The molecule has 2 aromatic carbocycles. The molecule has 0 fully saturated rings. The molecule has 0 unspecified atom stereocenters. The first kappa shape index (κ1) is 19.6. The molecule has 0 atom stereocenters. The number of hydrogen-bond acceptors (Lipinski definition) is 5. The molecule has 0 radical (unpaired) electrons. The highest BCUT2D eigenvalue weighted by molar-refractivity contribution is 7.90. The van der Waals surface area contributed by atoms with Crippen LogP contribution in [-0.4, -0.2) is 19.8 Å². The Morgan fingerprint density at radius 2 is 1.82 bits per heavy atom. The summed E-state index contributed by atoms with van der Waals surface area (Å²) in [5.74, 6) is -1.85. The number of benzene rings is 2. The number of nitriles is 1. The van der Waals surface area contributed by atoms with Crippen molar-refractivity contribution in [2.24, 2.45) is 0 Å². The van der Waals surface area contributed by atoms with Gasteiger partial charge >= 0.3 is 0 Å². The molecule has 28 heavy (non-hydrogen) atoms. The fraction of sp³-hybridized carbons (Fsp3) is 0.158. The number of sulfone groups is 1. The SMILES string of the molecule is Cc1ccc(-c2noc(C(F)F)c2-c2ccc(S(C)(=O)=O)c(F)c2)cc1C#N. The molecular formula is C19H13F3N2O3S. The van der Waals surface area contributed by atoms with E-state index in [1.807, 2.05) is 6.07 Å². The molecule has 144 valence electrons. The fourth-order valence-electron chi connectivity index (χ4n) is 2.77. The van der Waals surface area contributed by atoms with Gasteiger partial charge in [-0.1, -0.05) is 23.4 Å². The van der Waals surface area contributed by atoms with E-state index >= 15 is 0 Å². The van der Waals surface area contributed by atoms with Crippen molar-refractivity contribution in [1.29, 1.82) is 5.26 Å². The number of nitrogens with zero attached hydrogens (tertiary/aromatic N) is 2. The molecule has 3 aromatic rings. The minimum Gasteiger partial charge on any atom is -0.354 e. The second-order valence-electron chi connectivity index (χ2n) is 6.13. The van der Waals surface area contributed by atoms with Crippen LogP contribution >= 0.6 is 0 Å². The van der Waals surface area contributed by atoms with Gasteiger partial charge in [0.2, 0.25) is 5.76 Å². The Balaban J connectivity index is 2.25. The minimum atomic E-state index is -3.82. The summed E-state index contributed by atoms with van der Waals surface area (Å²) < 4.78 is 69.2. The Labute approximate surface area is 158 Å². The summed E-state index contributed by atoms with van der Waals surface area (Å²) in [5, 5.41) is 12.9. The van der Waals surface area contributed by atoms with Crippen LogP contribution in [0.15, 0.2) is 45.8 Å². The molecule has 3 rings (SSSR count). The molecule has 0 aliphatic rings. The third-order valence-electron chi connectivity index (χ3n) is 4.17. The monoisotopic (exact) mass is 406 g/mol. The molecular weight excluding hydrogens is 393 g/mol. The molecule has 1 aromatic heterocycles. The van der Waals surface area contributed by atoms with E-state index in [4.69, 9.17) is 4.52 Å². The highest BCUT2D eigenvalue weighted by atomic mass is 32.2.